The molecule has 0 amide bonds. The first-order valence-corrected chi connectivity index (χ1v) is 8.84. The first kappa shape index (κ1) is 16.5. The lowest BCUT2D eigenvalue weighted by molar-refractivity contribution is 0.00684. The van der Waals surface area contributed by atoms with Crippen LogP contribution in [0, 0.1) is 11.3 Å². The molecule has 1 aliphatic rings. The monoisotopic (exact) mass is 308 g/mol. The summed E-state index contributed by atoms with van der Waals surface area (Å²) in [7, 11) is 0. The van der Waals surface area contributed by atoms with Crippen LogP contribution in [0.15, 0.2) is 5.38 Å². The molecule has 0 fully saturated rings. The molecule has 0 bridgehead atoms. The molecule has 0 saturated carbocycles. The van der Waals surface area contributed by atoms with E-state index in [1.54, 1.807) is 11.3 Å². The summed E-state index contributed by atoms with van der Waals surface area (Å²) in [5.41, 5.74) is 2.01. The third kappa shape index (κ3) is 3.68. The molecule has 3 heteroatoms. The molecule has 118 valence electrons. The largest absolute Gasteiger partial charge is 0.456 e. The Labute approximate surface area is 132 Å². The molecule has 0 saturated heterocycles. The van der Waals surface area contributed by atoms with Gasteiger partial charge in [-0.2, -0.15) is 0 Å². The minimum absolute atomic E-state index is 0.159. The van der Waals surface area contributed by atoms with Crippen LogP contribution < -0.4 is 0 Å². The van der Waals surface area contributed by atoms with Gasteiger partial charge in [0.05, 0.1) is 5.56 Å². The summed E-state index contributed by atoms with van der Waals surface area (Å²) in [5.74, 6) is 0.563. The van der Waals surface area contributed by atoms with E-state index in [1.165, 1.54) is 23.3 Å². The fourth-order valence-corrected chi connectivity index (χ4v) is 4.12. The number of esters is 1. The lowest BCUT2D eigenvalue weighted by Gasteiger charge is -2.36. The van der Waals surface area contributed by atoms with Gasteiger partial charge in [-0.05, 0) is 56.9 Å². The number of hydrogen-bond donors (Lipinski definition) is 0. The minimum Gasteiger partial charge on any atom is -0.456 e. The van der Waals surface area contributed by atoms with E-state index in [1.807, 2.05) is 26.2 Å². The van der Waals surface area contributed by atoms with Gasteiger partial charge >= 0.3 is 5.97 Å². The van der Waals surface area contributed by atoms with Crippen LogP contribution in [-0.2, 0) is 17.6 Å². The van der Waals surface area contributed by atoms with Gasteiger partial charge in [0.2, 0.25) is 0 Å². The summed E-state index contributed by atoms with van der Waals surface area (Å²) < 4.78 is 5.53. The predicted molar refractivity (Wildman–Crippen MR) is 89.1 cm³/mol. The predicted octanol–water partition coefficient (Wildman–Crippen LogP) is 5.24. The molecular weight excluding hydrogens is 280 g/mol. The van der Waals surface area contributed by atoms with Gasteiger partial charge in [-0.25, -0.2) is 4.79 Å². The molecule has 21 heavy (non-hydrogen) atoms. The number of carbonyl (C=O) groups excluding carboxylic acids is 1. The first-order valence-electron chi connectivity index (χ1n) is 7.96. The molecule has 0 aliphatic heterocycles. The zero-order chi connectivity index (χ0) is 15.8. The number of ether oxygens (including phenoxy) is 1. The average Bonchev–Trinajstić information content (AvgIpc) is 2.79. The average molecular weight is 308 g/mol. The summed E-state index contributed by atoms with van der Waals surface area (Å²) >= 11 is 1.74. The van der Waals surface area contributed by atoms with Crippen molar-refractivity contribution in [2.24, 2.45) is 11.3 Å². The highest BCUT2D eigenvalue weighted by atomic mass is 32.1. The second-order valence-corrected chi connectivity index (χ2v) is 8.80. The Balaban J connectivity index is 2.17. The van der Waals surface area contributed by atoms with E-state index in [-0.39, 0.29) is 5.97 Å². The number of thiophene rings is 1. The quantitative estimate of drug-likeness (QED) is 0.713. The number of fused-ring (bicyclic) bond motifs is 1. The van der Waals surface area contributed by atoms with Crippen molar-refractivity contribution >= 4 is 17.3 Å². The summed E-state index contributed by atoms with van der Waals surface area (Å²) in [6.45, 7) is 12.8. The Morgan fingerprint density at radius 1 is 1.33 bits per heavy atom. The SMILES string of the molecule is CCC(C)(C)C1CCc2c(C(=O)OC(C)(C)C)csc2C1. The van der Waals surface area contributed by atoms with Gasteiger partial charge in [0, 0.05) is 10.3 Å². The highest BCUT2D eigenvalue weighted by molar-refractivity contribution is 7.10. The lowest BCUT2D eigenvalue weighted by atomic mass is 9.69. The zero-order valence-electron chi connectivity index (χ0n) is 14.2. The van der Waals surface area contributed by atoms with E-state index >= 15 is 0 Å². The Hall–Kier alpha value is -0.830. The van der Waals surface area contributed by atoms with Crippen LogP contribution in [0.3, 0.4) is 0 Å². The van der Waals surface area contributed by atoms with Crippen LogP contribution in [0.25, 0.3) is 0 Å². The van der Waals surface area contributed by atoms with Crippen molar-refractivity contribution in [2.45, 2.75) is 72.8 Å². The van der Waals surface area contributed by atoms with Gasteiger partial charge in [0.25, 0.3) is 0 Å². The Kier molecular flexibility index (Phi) is 4.53. The Morgan fingerprint density at radius 2 is 2.00 bits per heavy atom. The molecule has 1 unspecified atom stereocenters. The fraction of sp³-hybridized carbons (Fsp3) is 0.722. The second kappa shape index (κ2) is 5.75. The van der Waals surface area contributed by atoms with E-state index in [0.29, 0.717) is 5.41 Å². The summed E-state index contributed by atoms with van der Waals surface area (Å²) in [6.07, 6.45) is 4.52. The molecule has 1 aromatic heterocycles. The van der Waals surface area contributed by atoms with Crippen molar-refractivity contribution in [1.82, 2.24) is 0 Å². The van der Waals surface area contributed by atoms with Gasteiger partial charge in [0.1, 0.15) is 5.60 Å². The van der Waals surface area contributed by atoms with Crippen molar-refractivity contribution in [3.8, 4) is 0 Å². The first-order chi connectivity index (χ1) is 9.64. The Morgan fingerprint density at radius 3 is 2.57 bits per heavy atom. The van der Waals surface area contributed by atoms with Crippen LogP contribution in [0.4, 0.5) is 0 Å². The van der Waals surface area contributed by atoms with E-state index in [9.17, 15) is 4.79 Å². The highest BCUT2D eigenvalue weighted by Crippen LogP contribution is 2.42. The van der Waals surface area contributed by atoms with E-state index < -0.39 is 5.60 Å². The second-order valence-electron chi connectivity index (χ2n) is 7.83. The molecule has 0 N–H and O–H groups in total. The third-order valence-corrected chi connectivity index (χ3v) is 5.84. The third-order valence-electron chi connectivity index (χ3n) is 4.79. The van der Waals surface area contributed by atoms with E-state index in [2.05, 4.69) is 20.8 Å². The standard InChI is InChI=1S/C18H28O2S/c1-7-18(5,6)12-8-9-13-14(11-21-15(13)10-12)16(19)20-17(2,3)4/h11-12H,7-10H2,1-6H3. The molecule has 0 spiro atoms. The van der Waals surface area contributed by atoms with Crippen molar-refractivity contribution < 1.29 is 9.53 Å². The minimum atomic E-state index is -0.423. The molecule has 2 rings (SSSR count). The maximum Gasteiger partial charge on any atom is 0.339 e. The fourth-order valence-electron chi connectivity index (χ4n) is 2.97. The normalized spacial score (nSPS) is 19.2. The topological polar surface area (TPSA) is 26.3 Å². The van der Waals surface area contributed by atoms with Crippen molar-refractivity contribution in [1.29, 1.82) is 0 Å². The smallest absolute Gasteiger partial charge is 0.339 e. The summed E-state index contributed by atoms with van der Waals surface area (Å²) in [5, 5.41) is 2.00. The highest BCUT2D eigenvalue weighted by Gasteiger charge is 2.34. The summed E-state index contributed by atoms with van der Waals surface area (Å²) in [6, 6.07) is 0. The molecule has 0 aromatic carbocycles. The van der Waals surface area contributed by atoms with Crippen molar-refractivity contribution in [3.05, 3.63) is 21.4 Å². The number of carbonyl (C=O) groups is 1. The zero-order valence-corrected chi connectivity index (χ0v) is 15.0. The number of rotatable bonds is 3. The lowest BCUT2D eigenvalue weighted by Crippen LogP contribution is -2.29. The molecule has 1 aromatic rings. The molecule has 1 aliphatic carbocycles. The van der Waals surface area contributed by atoms with Crippen LogP contribution in [0.1, 0.15) is 75.2 Å². The van der Waals surface area contributed by atoms with Gasteiger partial charge in [0.15, 0.2) is 0 Å². The molecular formula is C18H28O2S. The molecule has 2 nitrogen and oxygen atoms in total. The Bertz CT molecular complexity index is 520. The summed E-state index contributed by atoms with van der Waals surface area (Å²) in [4.78, 5) is 13.7. The molecule has 1 atom stereocenters. The maximum atomic E-state index is 12.3. The van der Waals surface area contributed by atoms with E-state index in [0.717, 1.165) is 24.3 Å². The van der Waals surface area contributed by atoms with Gasteiger partial charge in [-0.1, -0.05) is 27.2 Å². The van der Waals surface area contributed by atoms with E-state index in [4.69, 9.17) is 4.74 Å². The van der Waals surface area contributed by atoms with Crippen molar-refractivity contribution in [2.75, 3.05) is 0 Å². The molecule has 0 radical (unpaired) electrons. The van der Waals surface area contributed by atoms with Crippen LogP contribution in [0.5, 0.6) is 0 Å². The molecule has 1 heterocycles. The number of hydrogen-bond acceptors (Lipinski definition) is 3. The van der Waals surface area contributed by atoms with Gasteiger partial charge in [-0.15, -0.1) is 11.3 Å². The van der Waals surface area contributed by atoms with Gasteiger partial charge < -0.3 is 4.74 Å². The van der Waals surface area contributed by atoms with Crippen LogP contribution >= 0.6 is 11.3 Å². The van der Waals surface area contributed by atoms with Crippen LogP contribution in [-0.4, -0.2) is 11.6 Å². The van der Waals surface area contributed by atoms with Crippen molar-refractivity contribution in [3.63, 3.8) is 0 Å². The van der Waals surface area contributed by atoms with Crippen LogP contribution in [0.2, 0.25) is 0 Å². The maximum absolute atomic E-state index is 12.3. The van der Waals surface area contributed by atoms with Gasteiger partial charge in [-0.3, -0.25) is 0 Å².